The van der Waals surface area contributed by atoms with E-state index in [0.29, 0.717) is 5.41 Å². The minimum atomic E-state index is 0. The fraction of sp³-hybridized carbons (Fsp3) is 0.500. The molecule has 1 fully saturated rings. The Kier molecular flexibility index (Phi) is 2.98. The van der Waals surface area contributed by atoms with Crippen LogP contribution in [0.15, 0.2) is 18.2 Å². The number of hydrogen-bond donors (Lipinski definition) is 1. The predicted molar refractivity (Wildman–Crippen MR) is 65.9 cm³/mol. The highest BCUT2D eigenvalue weighted by molar-refractivity contribution is 6.30. The molecule has 1 aromatic rings. The first-order chi connectivity index (χ1) is 6.80. The smallest absolute Gasteiger partial charge is 0.0409 e. The molecule has 82 valence electrons. The number of fused-ring (bicyclic) bond motifs is 2. The maximum Gasteiger partial charge on any atom is 0.0409 e. The fourth-order valence-electron chi connectivity index (χ4n) is 2.81. The van der Waals surface area contributed by atoms with Gasteiger partial charge in [-0.1, -0.05) is 24.1 Å². The van der Waals surface area contributed by atoms with Crippen LogP contribution in [-0.2, 0) is 12.0 Å². The zero-order valence-corrected chi connectivity index (χ0v) is 10.1. The van der Waals surface area contributed by atoms with Gasteiger partial charge in [0.1, 0.15) is 0 Å². The molecular formula is C12H15Cl2N. The Morgan fingerprint density at radius 3 is 2.73 bits per heavy atom. The van der Waals surface area contributed by atoms with Crippen LogP contribution in [-0.4, -0.2) is 6.54 Å². The van der Waals surface area contributed by atoms with Gasteiger partial charge in [0.2, 0.25) is 0 Å². The molecule has 1 N–H and O–H groups in total. The van der Waals surface area contributed by atoms with Crippen LogP contribution < -0.4 is 5.32 Å². The standard InChI is InChI=1S/C12H14ClN.ClH/c13-10-2-3-11-9(6-10)7-14-8-12(11)4-1-5-12;/h2-3,6,14H,1,4-5,7-8H2;1H. The first-order valence-electron chi connectivity index (χ1n) is 5.30. The van der Waals surface area contributed by atoms with Crippen molar-refractivity contribution in [3.05, 3.63) is 34.3 Å². The quantitative estimate of drug-likeness (QED) is 0.738. The molecular weight excluding hydrogens is 229 g/mol. The second kappa shape index (κ2) is 3.97. The summed E-state index contributed by atoms with van der Waals surface area (Å²) in [5.74, 6) is 0. The molecule has 1 nitrogen and oxygen atoms in total. The Morgan fingerprint density at radius 2 is 2.07 bits per heavy atom. The molecule has 0 unspecified atom stereocenters. The van der Waals surface area contributed by atoms with Crippen molar-refractivity contribution in [1.29, 1.82) is 0 Å². The lowest BCUT2D eigenvalue weighted by Gasteiger charge is -2.46. The van der Waals surface area contributed by atoms with Crippen LogP contribution in [0.25, 0.3) is 0 Å². The molecule has 0 saturated heterocycles. The van der Waals surface area contributed by atoms with Crippen molar-refractivity contribution in [1.82, 2.24) is 5.32 Å². The van der Waals surface area contributed by atoms with E-state index in [4.69, 9.17) is 11.6 Å². The third-order valence-corrected chi connectivity index (χ3v) is 3.96. The van der Waals surface area contributed by atoms with Crippen molar-refractivity contribution >= 4 is 24.0 Å². The Morgan fingerprint density at radius 1 is 1.27 bits per heavy atom. The van der Waals surface area contributed by atoms with E-state index < -0.39 is 0 Å². The van der Waals surface area contributed by atoms with E-state index in [0.717, 1.165) is 18.1 Å². The molecule has 0 radical (unpaired) electrons. The molecule has 3 heteroatoms. The van der Waals surface area contributed by atoms with Crippen molar-refractivity contribution in [2.24, 2.45) is 0 Å². The van der Waals surface area contributed by atoms with Crippen LogP contribution >= 0.6 is 24.0 Å². The first kappa shape index (κ1) is 11.3. The van der Waals surface area contributed by atoms with Gasteiger partial charge in [-0.3, -0.25) is 0 Å². The van der Waals surface area contributed by atoms with Crippen molar-refractivity contribution < 1.29 is 0 Å². The average molecular weight is 244 g/mol. The monoisotopic (exact) mass is 243 g/mol. The summed E-state index contributed by atoms with van der Waals surface area (Å²) in [6.07, 6.45) is 4.06. The predicted octanol–water partition coefficient (Wildman–Crippen LogP) is 3.29. The van der Waals surface area contributed by atoms with Crippen molar-refractivity contribution in [3.8, 4) is 0 Å². The molecule has 0 atom stereocenters. The normalized spacial score (nSPS) is 21.4. The average Bonchev–Trinajstić information content (AvgIpc) is 2.13. The number of nitrogens with one attached hydrogen (secondary N) is 1. The molecule has 0 bridgehead atoms. The van der Waals surface area contributed by atoms with Crippen LogP contribution in [0.5, 0.6) is 0 Å². The van der Waals surface area contributed by atoms with Crippen LogP contribution in [0, 0.1) is 0 Å². The molecule has 1 saturated carbocycles. The zero-order valence-electron chi connectivity index (χ0n) is 8.55. The maximum absolute atomic E-state index is 6.00. The first-order valence-corrected chi connectivity index (χ1v) is 5.68. The summed E-state index contributed by atoms with van der Waals surface area (Å²) in [4.78, 5) is 0. The molecule has 0 aromatic heterocycles. The minimum absolute atomic E-state index is 0. The number of rotatable bonds is 0. The Labute approximate surface area is 102 Å². The Balaban J connectivity index is 0.000000853. The highest BCUT2D eigenvalue weighted by Crippen LogP contribution is 2.46. The summed E-state index contributed by atoms with van der Waals surface area (Å²) in [7, 11) is 0. The molecule has 1 heterocycles. The molecule has 1 aliphatic heterocycles. The lowest BCUT2D eigenvalue weighted by molar-refractivity contribution is 0.219. The van der Waals surface area contributed by atoms with Gasteiger partial charge in [0.05, 0.1) is 0 Å². The van der Waals surface area contributed by atoms with Gasteiger partial charge < -0.3 is 5.32 Å². The summed E-state index contributed by atoms with van der Waals surface area (Å²) in [5, 5.41) is 4.37. The van der Waals surface area contributed by atoms with Gasteiger partial charge in [0, 0.05) is 23.5 Å². The fourth-order valence-corrected chi connectivity index (χ4v) is 3.00. The van der Waals surface area contributed by atoms with Gasteiger partial charge in [-0.15, -0.1) is 12.4 Å². The van der Waals surface area contributed by atoms with Crippen LogP contribution in [0.4, 0.5) is 0 Å². The van der Waals surface area contributed by atoms with Gasteiger partial charge in [0.15, 0.2) is 0 Å². The Hall–Kier alpha value is -0.240. The third kappa shape index (κ3) is 1.67. The SMILES string of the molecule is Cl.Clc1ccc2c(c1)CNCC21CCC1. The van der Waals surface area contributed by atoms with Crippen molar-refractivity contribution in [3.63, 3.8) is 0 Å². The van der Waals surface area contributed by atoms with E-state index in [1.54, 1.807) is 5.56 Å². The van der Waals surface area contributed by atoms with E-state index in [1.165, 1.54) is 24.8 Å². The molecule has 2 aliphatic rings. The summed E-state index contributed by atoms with van der Waals surface area (Å²) >= 11 is 6.00. The van der Waals surface area contributed by atoms with E-state index in [9.17, 15) is 0 Å². The number of halogens is 2. The summed E-state index contributed by atoms with van der Waals surface area (Å²) in [6, 6.07) is 6.38. The molecule has 3 rings (SSSR count). The van der Waals surface area contributed by atoms with E-state index in [2.05, 4.69) is 17.4 Å². The molecule has 1 aliphatic carbocycles. The van der Waals surface area contributed by atoms with Crippen LogP contribution in [0.3, 0.4) is 0 Å². The summed E-state index contributed by atoms with van der Waals surface area (Å²) < 4.78 is 0. The number of benzene rings is 1. The van der Waals surface area contributed by atoms with E-state index in [1.807, 2.05) is 6.07 Å². The molecule has 1 aromatic carbocycles. The number of hydrogen-bond acceptors (Lipinski definition) is 1. The lowest BCUT2D eigenvalue weighted by atomic mass is 9.62. The van der Waals surface area contributed by atoms with Gasteiger partial charge >= 0.3 is 0 Å². The van der Waals surface area contributed by atoms with Gasteiger partial charge in [-0.05, 0) is 36.1 Å². The van der Waals surface area contributed by atoms with E-state index in [-0.39, 0.29) is 12.4 Å². The summed E-state index contributed by atoms with van der Waals surface area (Å²) in [6.45, 7) is 2.14. The van der Waals surface area contributed by atoms with Crippen LogP contribution in [0.2, 0.25) is 5.02 Å². The van der Waals surface area contributed by atoms with Gasteiger partial charge in [0.25, 0.3) is 0 Å². The zero-order chi connectivity index (χ0) is 9.60. The molecule has 15 heavy (non-hydrogen) atoms. The van der Waals surface area contributed by atoms with E-state index >= 15 is 0 Å². The maximum atomic E-state index is 6.00. The highest BCUT2D eigenvalue weighted by atomic mass is 35.5. The topological polar surface area (TPSA) is 12.0 Å². The van der Waals surface area contributed by atoms with Crippen molar-refractivity contribution in [2.45, 2.75) is 31.2 Å². The lowest BCUT2D eigenvalue weighted by Crippen LogP contribution is -2.47. The van der Waals surface area contributed by atoms with Crippen LogP contribution in [0.1, 0.15) is 30.4 Å². The largest absolute Gasteiger partial charge is 0.312 e. The molecule has 0 amide bonds. The second-order valence-electron chi connectivity index (χ2n) is 4.54. The summed E-state index contributed by atoms with van der Waals surface area (Å²) in [5.41, 5.74) is 3.41. The Bertz CT molecular complexity index is 372. The van der Waals surface area contributed by atoms with Crippen molar-refractivity contribution in [2.75, 3.05) is 6.54 Å². The molecule has 1 spiro atoms. The van der Waals surface area contributed by atoms with Gasteiger partial charge in [-0.25, -0.2) is 0 Å². The third-order valence-electron chi connectivity index (χ3n) is 3.73. The highest BCUT2D eigenvalue weighted by Gasteiger charge is 2.41. The van der Waals surface area contributed by atoms with Gasteiger partial charge in [-0.2, -0.15) is 0 Å². The minimum Gasteiger partial charge on any atom is -0.312 e. The second-order valence-corrected chi connectivity index (χ2v) is 4.98.